The number of aromatic nitrogens is 2. The number of para-hydroxylation sites is 2. The Morgan fingerprint density at radius 1 is 1.05 bits per heavy atom. The highest BCUT2D eigenvalue weighted by atomic mass is 35.5. The molecule has 1 aliphatic rings. The molecule has 1 atom stereocenters. The molecule has 0 saturated carbocycles. The van der Waals surface area contributed by atoms with Crippen LogP contribution in [-0.4, -0.2) is 34.5 Å². The van der Waals surface area contributed by atoms with E-state index in [1.54, 1.807) is 23.6 Å². The van der Waals surface area contributed by atoms with E-state index in [-0.39, 0.29) is 6.10 Å². The predicted molar refractivity (Wildman–Crippen MR) is 165 cm³/mol. The second-order valence-corrected chi connectivity index (χ2v) is 11.2. The number of rotatable bonds is 7. The Labute approximate surface area is 242 Å². The van der Waals surface area contributed by atoms with E-state index in [1.807, 2.05) is 61.5 Å². The van der Waals surface area contributed by atoms with Gasteiger partial charge in [-0.1, -0.05) is 63.1 Å². The Kier molecular flexibility index (Phi) is 9.85. The lowest BCUT2D eigenvalue weighted by molar-refractivity contribution is 0.169. The molecule has 0 amide bonds. The summed E-state index contributed by atoms with van der Waals surface area (Å²) in [7, 11) is 0. The first-order valence-electron chi connectivity index (χ1n) is 14.2. The van der Waals surface area contributed by atoms with Crippen LogP contribution in [0.25, 0.3) is 11.0 Å². The van der Waals surface area contributed by atoms with Crippen LogP contribution in [0.1, 0.15) is 69.9 Å². The van der Waals surface area contributed by atoms with Crippen molar-refractivity contribution in [1.29, 1.82) is 5.41 Å². The number of halogens is 2. The molecule has 0 spiro atoms. The van der Waals surface area contributed by atoms with Gasteiger partial charge in [-0.2, -0.15) is 0 Å². The molecule has 5 nitrogen and oxygen atoms in total. The van der Waals surface area contributed by atoms with Crippen LogP contribution in [-0.2, 0) is 0 Å². The number of hydrogen-bond donors (Lipinski definition) is 1. The van der Waals surface area contributed by atoms with Gasteiger partial charge in [0.05, 0.1) is 16.7 Å². The number of anilines is 1. The minimum absolute atomic E-state index is 0.0736. The van der Waals surface area contributed by atoms with Gasteiger partial charge in [-0.25, -0.2) is 9.37 Å². The maximum Gasteiger partial charge on any atom is 0.208 e. The van der Waals surface area contributed by atoms with Crippen molar-refractivity contribution >= 4 is 34.3 Å². The topological polar surface area (TPSA) is 54.1 Å². The minimum atomic E-state index is -1.15. The fourth-order valence-corrected chi connectivity index (χ4v) is 4.95. The maximum absolute atomic E-state index is 14.5. The van der Waals surface area contributed by atoms with Crippen molar-refractivity contribution in [3.63, 3.8) is 0 Å². The average molecular weight is 563 g/mol. The van der Waals surface area contributed by atoms with Crippen LogP contribution in [0.2, 0.25) is 5.02 Å². The fraction of sp³-hybridized carbons (Fsp3) is 0.394. The van der Waals surface area contributed by atoms with E-state index in [2.05, 4.69) is 25.7 Å². The standard InChI is InChI=1S/C28H28ClFN4O.C5H12/c1-18-16-23(10-11-24(18)27(31)20-6-5-7-21(29)17-20)35-22-12-14-33(15-13-22)28-32-25-8-3-4-9-26(25)34(28)19(2)30;1-4-5(2)3/h3-11,16-17,19,22,31H,12-15H2,1-2H3;5H,4H2,1-3H3. The average Bonchev–Trinajstić information content (AvgIpc) is 3.33. The lowest BCUT2D eigenvalue weighted by Gasteiger charge is -2.33. The van der Waals surface area contributed by atoms with Crippen LogP contribution in [0.3, 0.4) is 0 Å². The van der Waals surface area contributed by atoms with Crippen LogP contribution in [0.4, 0.5) is 10.3 Å². The van der Waals surface area contributed by atoms with E-state index >= 15 is 0 Å². The van der Waals surface area contributed by atoms with Crippen LogP contribution >= 0.6 is 11.6 Å². The van der Waals surface area contributed by atoms with Crippen LogP contribution < -0.4 is 9.64 Å². The first-order valence-corrected chi connectivity index (χ1v) is 14.5. The molecule has 1 unspecified atom stereocenters. The summed E-state index contributed by atoms with van der Waals surface area (Å²) in [6.45, 7) is 11.7. The number of aryl methyl sites for hydroxylation is 1. The Morgan fingerprint density at radius 2 is 1.75 bits per heavy atom. The number of nitrogens with one attached hydrogen (secondary N) is 1. The molecule has 3 aromatic carbocycles. The van der Waals surface area contributed by atoms with E-state index < -0.39 is 6.30 Å². The minimum Gasteiger partial charge on any atom is -0.490 e. The molecule has 40 heavy (non-hydrogen) atoms. The van der Waals surface area contributed by atoms with E-state index in [4.69, 9.17) is 26.7 Å². The van der Waals surface area contributed by atoms with Gasteiger partial charge in [0.25, 0.3) is 0 Å². The van der Waals surface area contributed by atoms with Crippen molar-refractivity contribution in [3.05, 3.63) is 88.4 Å². The Morgan fingerprint density at radius 3 is 2.38 bits per heavy atom. The van der Waals surface area contributed by atoms with Crippen molar-refractivity contribution in [2.45, 2.75) is 66.3 Å². The van der Waals surface area contributed by atoms with Crippen LogP contribution in [0.15, 0.2) is 66.7 Å². The Hall–Kier alpha value is -3.38. The number of imidazole rings is 1. The number of benzene rings is 3. The third-order valence-corrected chi connectivity index (χ3v) is 7.59. The van der Waals surface area contributed by atoms with E-state index in [0.29, 0.717) is 16.7 Å². The first-order chi connectivity index (χ1) is 19.2. The zero-order chi connectivity index (χ0) is 28.8. The number of ether oxygens (including phenoxy) is 1. The number of fused-ring (bicyclic) bond motifs is 1. The third kappa shape index (κ3) is 7.03. The second kappa shape index (κ2) is 13.3. The summed E-state index contributed by atoms with van der Waals surface area (Å²) in [5.41, 5.74) is 4.69. The molecule has 1 aliphatic heterocycles. The van der Waals surface area contributed by atoms with Gasteiger partial charge in [0.15, 0.2) is 6.30 Å². The van der Waals surface area contributed by atoms with Crippen molar-refractivity contribution < 1.29 is 9.13 Å². The molecule has 0 radical (unpaired) electrons. The van der Waals surface area contributed by atoms with Gasteiger partial charge in [-0.05, 0) is 67.8 Å². The molecule has 0 bridgehead atoms. The largest absolute Gasteiger partial charge is 0.490 e. The lowest BCUT2D eigenvalue weighted by atomic mass is 9.98. The van der Waals surface area contributed by atoms with Crippen LogP contribution in [0.5, 0.6) is 5.75 Å². The lowest BCUT2D eigenvalue weighted by Crippen LogP contribution is -2.39. The first kappa shape index (κ1) is 29.6. The van der Waals surface area contributed by atoms with E-state index in [9.17, 15) is 4.39 Å². The van der Waals surface area contributed by atoms with Crippen molar-refractivity contribution in [3.8, 4) is 5.75 Å². The van der Waals surface area contributed by atoms with Gasteiger partial charge in [0, 0.05) is 42.1 Å². The summed E-state index contributed by atoms with van der Waals surface area (Å²) in [4.78, 5) is 6.86. The number of hydrogen-bond acceptors (Lipinski definition) is 4. The van der Waals surface area contributed by atoms with Crippen molar-refractivity contribution in [2.24, 2.45) is 5.92 Å². The second-order valence-electron chi connectivity index (χ2n) is 10.8. The predicted octanol–water partition coefficient (Wildman–Crippen LogP) is 9.00. The van der Waals surface area contributed by atoms with E-state index in [1.165, 1.54) is 6.42 Å². The summed E-state index contributed by atoms with van der Waals surface area (Å²) in [6.07, 6.45) is 1.87. The molecule has 1 aromatic heterocycles. The zero-order valence-corrected chi connectivity index (χ0v) is 24.9. The van der Waals surface area contributed by atoms with Gasteiger partial charge >= 0.3 is 0 Å². The Bertz CT molecular complexity index is 1440. The summed E-state index contributed by atoms with van der Waals surface area (Å²) >= 11 is 6.10. The van der Waals surface area contributed by atoms with E-state index in [0.717, 1.165) is 65.3 Å². The molecule has 4 aromatic rings. The van der Waals surface area contributed by atoms with Crippen molar-refractivity contribution in [2.75, 3.05) is 18.0 Å². The third-order valence-electron chi connectivity index (χ3n) is 7.36. The normalized spacial score (nSPS) is 14.7. The summed E-state index contributed by atoms with van der Waals surface area (Å²) in [6, 6.07) is 20.9. The van der Waals surface area contributed by atoms with Gasteiger partial charge < -0.3 is 9.64 Å². The zero-order valence-electron chi connectivity index (χ0n) is 24.1. The molecule has 1 saturated heterocycles. The number of nitrogens with zero attached hydrogens (tertiary/aromatic N) is 3. The monoisotopic (exact) mass is 562 g/mol. The highest BCUT2D eigenvalue weighted by Gasteiger charge is 2.26. The van der Waals surface area contributed by atoms with Gasteiger partial charge in [0.1, 0.15) is 11.9 Å². The maximum atomic E-state index is 14.5. The van der Waals surface area contributed by atoms with Crippen LogP contribution in [0, 0.1) is 18.3 Å². The fourth-order valence-electron chi connectivity index (χ4n) is 4.76. The number of alkyl halides is 1. The summed E-state index contributed by atoms with van der Waals surface area (Å²) in [5.74, 6) is 2.36. The highest BCUT2D eigenvalue weighted by molar-refractivity contribution is 6.31. The summed E-state index contributed by atoms with van der Waals surface area (Å²) < 4.78 is 22.5. The number of piperidine rings is 1. The molecule has 212 valence electrons. The highest BCUT2D eigenvalue weighted by Crippen LogP contribution is 2.30. The smallest absolute Gasteiger partial charge is 0.208 e. The van der Waals surface area contributed by atoms with Crippen molar-refractivity contribution in [1.82, 2.24) is 9.55 Å². The quantitative estimate of drug-likeness (QED) is 0.229. The molecule has 5 rings (SSSR count). The molecule has 7 heteroatoms. The molecular weight excluding hydrogens is 523 g/mol. The molecule has 1 fully saturated rings. The molecule has 2 heterocycles. The molecular formula is C33H40ClFN4O. The summed E-state index contributed by atoms with van der Waals surface area (Å²) in [5, 5.41) is 9.20. The molecule has 0 aliphatic carbocycles. The van der Waals surface area contributed by atoms with Gasteiger partial charge in [-0.15, -0.1) is 0 Å². The van der Waals surface area contributed by atoms with Gasteiger partial charge in [-0.3, -0.25) is 9.98 Å². The molecule has 1 N–H and O–H groups in total. The van der Waals surface area contributed by atoms with Gasteiger partial charge in [0.2, 0.25) is 5.95 Å². The SMILES string of the molecule is CCC(C)C.Cc1cc(OC2CCN(c3nc4ccccc4n3C(C)F)CC2)ccc1C(=N)c1cccc(Cl)c1. The Balaban J connectivity index is 0.000000681.